The first-order valence-corrected chi connectivity index (χ1v) is 5.87. The zero-order chi connectivity index (χ0) is 14.3. The molecule has 1 aromatic rings. The molecule has 6 nitrogen and oxygen atoms in total. The number of carbonyl (C=O) groups is 2. The molecule has 0 aliphatic rings. The van der Waals surface area contributed by atoms with Crippen molar-refractivity contribution >= 4 is 11.9 Å². The maximum absolute atomic E-state index is 12.2. The van der Waals surface area contributed by atoms with Crippen molar-refractivity contribution < 1.29 is 19.4 Å². The van der Waals surface area contributed by atoms with Crippen LogP contribution in [-0.4, -0.2) is 48.7 Å². The number of carboxylic acid groups (broad SMARTS) is 1. The van der Waals surface area contributed by atoms with E-state index in [1.807, 2.05) is 0 Å². The minimum absolute atomic E-state index is 0.236. The highest BCUT2D eigenvalue weighted by molar-refractivity contribution is 5.95. The second-order valence-electron chi connectivity index (χ2n) is 4.01. The molecule has 1 rings (SSSR count). The van der Waals surface area contributed by atoms with Crippen molar-refractivity contribution in [1.82, 2.24) is 4.90 Å². The Morgan fingerprint density at radius 3 is 2.42 bits per heavy atom. The molecule has 1 aromatic carbocycles. The Hall–Kier alpha value is -1.92. The Kier molecular flexibility index (Phi) is 5.98. The summed E-state index contributed by atoms with van der Waals surface area (Å²) >= 11 is 0. The van der Waals surface area contributed by atoms with Gasteiger partial charge in [-0.15, -0.1) is 0 Å². The topological polar surface area (TPSA) is 92.9 Å². The molecule has 0 fully saturated rings. The van der Waals surface area contributed by atoms with E-state index < -0.39 is 5.97 Å². The van der Waals surface area contributed by atoms with E-state index in [1.165, 1.54) is 12.0 Å². The van der Waals surface area contributed by atoms with Crippen molar-refractivity contribution in [3.05, 3.63) is 35.4 Å². The summed E-state index contributed by atoms with van der Waals surface area (Å²) in [4.78, 5) is 24.2. The second kappa shape index (κ2) is 7.50. The summed E-state index contributed by atoms with van der Waals surface area (Å²) in [7, 11) is 1.50. The lowest BCUT2D eigenvalue weighted by Gasteiger charge is -2.20. The van der Waals surface area contributed by atoms with Crippen molar-refractivity contribution in [3.8, 4) is 0 Å². The number of nitrogens with zero attached hydrogens (tertiary/aromatic N) is 1. The van der Waals surface area contributed by atoms with E-state index >= 15 is 0 Å². The summed E-state index contributed by atoms with van der Waals surface area (Å²) in [5, 5.41) is 8.81. The highest BCUT2D eigenvalue weighted by Crippen LogP contribution is 2.07. The van der Waals surface area contributed by atoms with Gasteiger partial charge in [0.15, 0.2) is 0 Å². The summed E-state index contributed by atoms with van der Waals surface area (Å²) < 4.78 is 4.87. The minimum atomic E-state index is -1.05. The SMILES string of the molecule is COCCN(CC(=O)O)C(=O)c1ccc(CN)cc1. The molecule has 0 saturated heterocycles. The first-order chi connectivity index (χ1) is 9.08. The Morgan fingerprint density at radius 2 is 1.95 bits per heavy atom. The predicted molar refractivity (Wildman–Crippen MR) is 69.7 cm³/mol. The van der Waals surface area contributed by atoms with Gasteiger partial charge in [-0.2, -0.15) is 0 Å². The molecule has 0 atom stereocenters. The lowest BCUT2D eigenvalue weighted by Crippen LogP contribution is -2.38. The van der Waals surface area contributed by atoms with Gasteiger partial charge in [0, 0.05) is 25.8 Å². The highest BCUT2D eigenvalue weighted by atomic mass is 16.5. The van der Waals surface area contributed by atoms with Gasteiger partial charge >= 0.3 is 5.97 Å². The van der Waals surface area contributed by atoms with Gasteiger partial charge in [0.1, 0.15) is 6.54 Å². The van der Waals surface area contributed by atoms with Crippen LogP contribution in [0.4, 0.5) is 0 Å². The molecule has 0 bridgehead atoms. The van der Waals surface area contributed by atoms with Crippen LogP contribution in [0.5, 0.6) is 0 Å². The second-order valence-corrected chi connectivity index (χ2v) is 4.01. The Labute approximate surface area is 111 Å². The molecule has 19 heavy (non-hydrogen) atoms. The van der Waals surface area contributed by atoms with Gasteiger partial charge in [0.2, 0.25) is 0 Å². The monoisotopic (exact) mass is 266 g/mol. The largest absolute Gasteiger partial charge is 0.480 e. The smallest absolute Gasteiger partial charge is 0.323 e. The molecule has 0 aliphatic carbocycles. The Balaban J connectivity index is 2.81. The summed E-state index contributed by atoms with van der Waals surface area (Å²) in [6.45, 7) is 0.581. The van der Waals surface area contributed by atoms with Gasteiger partial charge in [-0.25, -0.2) is 0 Å². The van der Waals surface area contributed by atoms with E-state index in [0.717, 1.165) is 5.56 Å². The third-order valence-electron chi connectivity index (χ3n) is 2.62. The molecule has 1 amide bonds. The zero-order valence-corrected chi connectivity index (χ0v) is 10.8. The van der Waals surface area contributed by atoms with Crippen LogP contribution in [0.2, 0.25) is 0 Å². The van der Waals surface area contributed by atoms with Crippen LogP contribution in [-0.2, 0) is 16.1 Å². The minimum Gasteiger partial charge on any atom is -0.480 e. The lowest BCUT2D eigenvalue weighted by molar-refractivity contribution is -0.137. The average molecular weight is 266 g/mol. The van der Waals surface area contributed by atoms with E-state index in [1.54, 1.807) is 24.3 Å². The van der Waals surface area contributed by atoms with Gasteiger partial charge < -0.3 is 20.5 Å². The van der Waals surface area contributed by atoms with E-state index in [4.69, 9.17) is 15.6 Å². The van der Waals surface area contributed by atoms with Crippen LogP contribution in [0.3, 0.4) is 0 Å². The van der Waals surface area contributed by atoms with Crippen LogP contribution < -0.4 is 5.73 Å². The first kappa shape index (κ1) is 15.1. The molecule has 0 saturated carbocycles. The molecular weight excluding hydrogens is 248 g/mol. The predicted octanol–water partition coefficient (Wildman–Crippen LogP) is 0.319. The first-order valence-electron chi connectivity index (χ1n) is 5.87. The van der Waals surface area contributed by atoms with Crippen molar-refractivity contribution in [1.29, 1.82) is 0 Å². The number of methoxy groups -OCH3 is 1. The van der Waals surface area contributed by atoms with E-state index in [2.05, 4.69) is 0 Å². The third kappa shape index (κ3) is 4.69. The average Bonchev–Trinajstić information content (AvgIpc) is 2.42. The fourth-order valence-corrected chi connectivity index (χ4v) is 1.58. The molecule has 0 spiro atoms. The summed E-state index contributed by atoms with van der Waals surface area (Å²) in [5.74, 6) is -1.38. The van der Waals surface area contributed by atoms with Crippen molar-refractivity contribution in [2.45, 2.75) is 6.54 Å². The fraction of sp³-hybridized carbons (Fsp3) is 0.385. The van der Waals surface area contributed by atoms with Gasteiger partial charge in [0.25, 0.3) is 5.91 Å². The molecule has 0 heterocycles. The molecule has 0 aliphatic heterocycles. The molecular formula is C13H18N2O4. The number of amides is 1. The fourth-order valence-electron chi connectivity index (χ4n) is 1.58. The number of benzene rings is 1. The van der Waals surface area contributed by atoms with Gasteiger partial charge in [-0.05, 0) is 17.7 Å². The maximum atomic E-state index is 12.2. The number of hydrogen-bond donors (Lipinski definition) is 2. The normalized spacial score (nSPS) is 10.2. The zero-order valence-electron chi connectivity index (χ0n) is 10.8. The molecule has 0 unspecified atom stereocenters. The molecule has 6 heteroatoms. The van der Waals surface area contributed by atoms with Crippen LogP contribution in [0, 0.1) is 0 Å². The van der Waals surface area contributed by atoms with Crippen molar-refractivity contribution in [3.63, 3.8) is 0 Å². The molecule has 0 aromatic heterocycles. The Morgan fingerprint density at radius 1 is 1.32 bits per heavy atom. The molecule has 0 radical (unpaired) electrons. The Bertz CT molecular complexity index is 431. The summed E-state index contributed by atoms with van der Waals surface area (Å²) in [5.41, 5.74) is 6.83. The van der Waals surface area contributed by atoms with Gasteiger partial charge in [-0.3, -0.25) is 9.59 Å². The van der Waals surface area contributed by atoms with Crippen LogP contribution in [0.25, 0.3) is 0 Å². The summed E-state index contributed by atoms with van der Waals surface area (Å²) in [6, 6.07) is 6.80. The van der Waals surface area contributed by atoms with Gasteiger partial charge in [-0.1, -0.05) is 12.1 Å². The molecule has 104 valence electrons. The van der Waals surface area contributed by atoms with E-state index in [9.17, 15) is 9.59 Å². The number of carbonyl (C=O) groups excluding carboxylic acids is 1. The number of rotatable bonds is 7. The number of carboxylic acids is 1. The quantitative estimate of drug-likeness (QED) is 0.741. The van der Waals surface area contributed by atoms with Gasteiger partial charge in [0.05, 0.1) is 6.61 Å². The third-order valence-corrected chi connectivity index (χ3v) is 2.62. The maximum Gasteiger partial charge on any atom is 0.323 e. The number of ether oxygens (including phenoxy) is 1. The number of nitrogens with two attached hydrogens (primary N) is 1. The van der Waals surface area contributed by atoms with Crippen molar-refractivity contribution in [2.75, 3.05) is 26.8 Å². The number of aliphatic carboxylic acids is 1. The lowest BCUT2D eigenvalue weighted by atomic mass is 10.1. The van der Waals surface area contributed by atoms with E-state index in [-0.39, 0.29) is 19.0 Å². The van der Waals surface area contributed by atoms with Crippen LogP contribution in [0.1, 0.15) is 15.9 Å². The molecule has 3 N–H and O–H groups in total. The van der Waals surface area contributed by atoms with Crippen LogP contribution >= 0.6 is 0 Å². The standard InChI is InChI=1S/C13H18N2O4/c1-19-7-6-15(9-12(16)17)13(18)11-4-2-10(8-14)3-5-11/h2-5H,6-9,14H2,1H3,(H,16,17). The van der Waals surface area contributed by atoms with E-state index in [0.29, 0.717) is 18.7 Å². The van der Waals surface area contributed by atoms with Crippen molar-refractivity contribution in [2.24, 2.45) is 5.73 Å². The number of hydrogen-bond acceptors (Lipinski definition) is 4. The highest BCUT2D eigenvalue weighted by Gasteiger charge is 2.18. The van der Waals surface area contributed by atoms with Crippen LogP contribution in [0.15, 0.2) is 24.3 Å². The summed E-state index contributed by atoms with van der Waals surface area (Å²) in [6.07, 6.45) is 0.